The fourth-order valence-electron chi connectivity index (χ4n) is 2.41. The summed E-state index contributed by atoms with van der Waals surface area (Å²) in [6.07, 6.45) is 3.50. The predicted molar refractivity (Wildman–Crippen MR) is 52.5 cm³/mol. The first kappa shape index (κ1) is 8.45. The van der Waals surface area contributed by atoms with Gasteiger partial charge in [-0.1, -0.05) is 30.3 Å². The molecule has 0 amide bonds. The number of benzene rings is 1. The van der Waals surface area contributed by atoms with Crippen LogP contribution in [-0.2, 0) is 15.4 Å². The van der Waals surface area contributed by atoms with Crippen molar-refractivity contribution in [2.45, 2.75) is 37.4 Å². The van der Waals surface area contributed by atoms with E-state index in [1.807, 2.05) is 6.07 Å². The molecule has 74 valence electrons. The zero-order valence-electron chi connectivity index (χ0n) is 8.32. The molecule has 2 fully saturated rings. The molecule has 1 aromatic carbocycles. The van der Waals surface area contributed by atoms with Gasteiger partial charge in [-0.05, 0) is 31.7 Å². The first-order valence-electron chi connectivity index (χ1n) is 5.19. The topological polar surface area (TPSA) is 18.5 Å². The molecule has 0 radical (unpaired) electrons. The van der Waals surface area contributed by atoms with E-state index in [1.54, 1.807) is 0 Å². The van der Waals surface area contributed by atoms with Crippen LogP contribution in [-0.4, -0.2) is 5.60 Å². The van der Waals surface area contributed by atoms with E-state index in [1.165, 1.54) is 12.0 Å². The van der Waals surface area contributed by atoms with Crippen LogP contribution in [0.5, 0.6) is 0 Å². The van der Waals surface area contributed by atoms with Crippen LogP contribution in [0, 0.1) is 0 Å². The molecule has 1 atom stereocenters. The second kappa shape index (κ2) is 2.59. The Morgan fingerprint density at radius 3 is 2.21 bits per heavy atom. The van der Waals surface area contributed by atoms with Gasteiger partial charge in [-0.2, -0.15) is 0 Å². The molecular formula is C12H14O2. The smallest absolute Gasteiger partial charge is 0.158 e. The molecule has 0 bridgehead atoms. The van der Waals surface area contributed by atoms with Gasteiger partial charge in [-0.25, -0.2) is 9.78 Å². The van der Waals surface area contributed by atoms with Crippen molar-refractivity contribution < 1.29 is 9.78 Å². The van der Waals surface area contributed by atoms with Gasteiger partial charge in [0.15, 0.2) is 5.60 Å². The van der Waals surface area contributed by atoms with Crippen molar-refractivity contribution in [1.82, 2.24) is 0 Å². The molecule has 2 nitrogen and oxygen atoms in total. The fraction of sp³-hybridized carbons (Fsp3) is 0.500. The summed E-state index contributed by atoms with van der Waals surface area (Å²) < 4.78 is 0. The summed E-state index contributed by atoms with van der Waals surface area (Å²) >= 11 is 0. The van der Waals surface area contributed by atoms with Crippen LogP contribution in [0.4, 0.5) is 0 Å². The SMILES string of the molecule is CC1(c2ccccc2)OOC12CCC2. The highest BCUT2D eigenvalue weighted by molar-refractivity contribution is 5.29. The van der Waals surface area contributed by atoms with Crippen LogP contribution < -0.4 is 0 Å². The number of hydrogen-bond acceptors (Lipinski definition) is 2. The maximum Gasteiger partial charge on any atom is 0.158 e. The van der Waals surface area contributed by atoms with E-state index in [0.717, 1.165) is 12.8 Å². The van der Waals surface area contributed by atoms with Crippen molar-refractivity contribution in [2.75, 3.05) is 0 Å². The average Bonchev–Trinajstić information content (AvgIpc) is 2.14. The summed E-state index contributed by atoms with van der Waals surface area (Å²) in [5.41, 5.74) is 0.992. The fourth-order valence-corrected chi connectivity index (χ4v) is 2.41. The Kier molecular flexibility index (Phi) is 1.56. The molecule has 1 unspecified atom stereocenters. The molecular weight excluding hydrogens is 176 g/mol. The summed E-state index contributed by atoms with van der Waals surface area (Å²) in [6, 6.07) is 10.4. The first-order valence-corrected chi connectivity index (χ1v) is 5.19. The van der Waals surface area contributed by atoms with E-state index in [4.69, 9.17) is 9.78 Å². The van der Waals surface area contributed by atoms with Gasteiger partial charge in [-0.15, -0.1) is 0 Å². The van der Waals surface area contributed by atoms with Gasteiger partial charge >= 0.3 is 0 Å². The van der Waals surface area contributed by atoms with Gasteiger partial charge in [0.2, 0.25) is 0 Å². The predicted octanol–water partition coefficient (Wildman–Crippen LogP) is 2.79. The molecule has 3 rings (SSSR count). The second-order valence-corrected chi connectivity index (χ2v) is 4.41. The normalized spacial score (nSPS) is 33.5. The van der Waals surface area contributed by atoms with Gasteiger partial charge in [0.1, 0.15) is 5.60 Å². The Morgan fingerprint density at radius 1 is 1.07 bits per heavy atom. The average molecular weight is 190 g/mol. The third-order valence-corrected chi connectivity index (χ3v) is 3.72. The monoisotopic (exact) mass is 190 g/mol. The van der Waals surface area contributed by atoms with Crippen molar-refractivity contribution in [3.8, 4) is 0 Å². The van der Waals surface area contributed by atoms with Crippen molar-refractivity contribution in [3.63, 3.8) is 0 Å². The summed E-state index contributed by atoms with van der Waals surface area (Å²) in [5.74, 6) is 0. The molecule has 2 aliphatic rings. The van der Waals surface area contributed by atoms with E-state index in [-0.39, 0.29) is 11.2 Å². The molecule has 1 spiro atoms. The Hall–Kier alpha value is -0.860. The van der Waals surface area contributed by atoms with Crippen LogP contribution in [0.2, 0.25) is 0 Å². The minimum atomic E-state index is -0.216. The zero-order valence-corrected chi connectivity index (χ0v) is 8.32. The number of hydrogen-bond donors (Lipinski definition) is 0. The van der Waals surface area contributed by atoms with E-state index in [0.29, 0.717) is 0 Å². The third kappa shape index (κ3) is 0.830. The van der Waals surface area contributed by atoms with Crippen LogP contribution >= 0.6 is 0 Å². The lowest BCUT2D eigenvalue weighted by atomic mass is 9.65. The van der Waals surface area contributed by atoms with E-state index >= 15 is 0 Å². The van der Waals surface area contributed by atoms with Gasteiger partial charge in [0.25, 0.3) is 0 Å². The maximum atomic E-state index is 5.36. The molecule has 1 aromatic rings. The Labute approximate surface area is 83.8 Å². The standard InChI is InChI=1S/C12H14O2/c1-11(10-6-3-2-4-7-10)12(14-13-11)8-5-9-12/h2-4,6-7H,5,8-9H2,1H3. The minimum Gasteiger partial charge on any atom is -0.225 e. The summed E-state index contributed by atoms with van der Waals surface area (Å²) in [6.45, 7) is 2.13. The highest BCUT2D eigenvalue weighted by atomic mass is 17.3. The largest absolute Gasteiger partial charge is 0.225 e. The molecule has 1 aliphatic carbocycles. The van der Waals surface area contributed by atoms with E-state index < -0.39 is 0 Å². The van der Waals surface area contributed by atoms with Crippen LogP contribution in [0.15, 0.2) is 30.3 Å². The number of rotatable bonds is 1. The summed E-state index contributed by atoms with van der Waals surface area (Å²) in [5, 5.41) is 0. The molecule has 0 N–H and O–H groups in total. The van der Waals surface area contributed by atoms with E-state index in [9.17, 15) is 0 Å². The van der Waals surface area contributed by atoms with Crippen molar-refractivity contribution in [3.05, 3.63) is 35.9 Å². The van der Waals surface area contributed by atoms with Crippen molar-refractivity contribution in [2.24, 2.45) is 0 Å². The first-order chi connectivity index (χ1) is 6.77. The molecule has 1 saturated heterocycles. The molecule has 14 heavy (non-hydrogen) atoms. The summed E-state index contributed by atoms with van der Waals surface area (Å²) in [4.78, 5) is 10.7. The molecule has 0 aromatic heterocycles. The van der Waals surface area contributed by atoms with Crippen LogP contribution in [0.25, 0.3) is 0 Å². The quantitative estimate of drug-likeness (QED) is 0.634. The Balaban J connectivity index is 1.98. The van der Waals surface area contributed by atoms with Gasteiger partial charge in [-0.3, -0.25) is 0 Å². The third-order valence-electron chi connectivity index (χ3n) is 3.72. The summed E-state index contributed by atoms with van der Waals surface area (Å²) in [7, 11) is 0. The van der Waals surface area contributed by atoms with Gasteiger partial charge in [0.05, 0.1) is 0 Å². The highest BCUT2D eigenvalue weighted by Crippen LogP contribution is 2.58. The molecule has 1 saturated carbocycles. The van der Waals surface area contributed by atoms with Crippen LogP contribution in [0.3, 0.4) is 0 Å². The van der Waals surface area contributed by atoms with E-state index in [2.05, 4.69) is 31.2 Å². The zero-order chi connectivity index (χ0) is 9.65. The lowest BCUT2D eigenvalue weighted by Gasteiger charge is -2.59. The lowest BCUT2D eigenvalue weighted by Crippen LogP contribution is -2.66. The van der Waals surface area contributed by atoms with Gasteiger partial charge in [0, 0.05) is 0 Å². The molecule has 2 heteroatoms. The lowest BCUT2D eigenvalue weighted by molar-refractivity contribution is -0.573. The Bertz CT molecular complexity index is 337. The van der Waals surface area contributed by atoms with Crippen molar-refractivity contribution >= 4 is 0 Å². The van der Waals surface area contributed by atoms with Crippen molar-refractivity contribution in [1.29, 1.82) is 0 Å². The Morgan fingerprint density at radius 2 is 1.79 bits per heavy atom. The highest BCUT2D eigenvalue weighted by Gasteiger charge is 2.64. The van der Waals surface area contributed by atoms with Crippen LogP contribution in [0.1, 0.15) is 31.7 Å². The van der Waals surface area contributed by atoms with Gasteiger partial charge < -0.3 is 0 Å². The maximum absolute atomic E-state index is 5.36. The molecule has 1 aliphatic heterocycles. The second-order valence-electron chi connectivity index (χ2n) is 4.41. The molecule has 1 heterocycles. The minimum absolute atomic E-state index is 0.0195.